The minimum Gasteiger partial charge on any atom is -0.377 e. The van der Waals surface area contributed by atoms with Crippen molar-refractivity contribution in [2.24, 2.45) is 0 Å². The Balaban J connectivity index is 2.15. The van der Waals surface area contributed by atoms with E-state index in [1.165, 1.54) is 24.3 Å². The molecule has 1 heterocycles. The molecule has 5 heteroatoms. The third kappa shape index (κ3) is 2.92. The van der Waals surface area contributed by atoms with Crippen LogP contribution in [0.3, 0.4) is 0 Å². The van der Waals surface area contributed by atoms with Gasteiger partial charge in [-0.1, -0.05) is 12.1 Å². The monoisotopic (exact) mass is 254 g/mol. The third-order valence-corrected chi connectivity index (χ3v) is 4.61. The van der Waals surface area contributed by atoms with E-state index in [1.807, 2.05) is 0 Å². The first-order valence-electron chi connectivity index (χ1n) is 5.51. The Labute approximate surface area is 101 Å². The van der Waals surface area contributed by atoms with Gasteiger partial charge >= 0.3 is 0 Å². The Morgan fingerprint density at radius 3 is 2.53 bits per heavy atom. The summed E-state index contributed by atoms with van der Waals surface area (Å²) < 4.78 is 29.4. The summed E-state index contributed by atoms with van der Waals surface area (Å²) in [6, 6.07) is 5.95. The van der Waals surface area contributed by atoms with Crippen LogP contribution in [0, 0.1) is 0 Å². The fraction of sp³-hybridized carbons (Fsp3) is 0.417. The van der Waals surface area contributed by atoms with E-state index in [-0.39, 0.29) is 16.8 Å². The zero-order chi connectivity index (χ0) is 12.3. The topological polar surface area (TPSA) is 60.4 Å². The summed E-state index contributed by atoms with van der Waals surface area (Å²) in [7, 11) is -3.31. The average molecular weight is 254 g/mol. The van der Waals surface area contributed by atoms with Crippen LogP contribution in [0.25, 0.3) is 0 Å². The van der Waals surface area contributed by atoms with Crippen LogP contribution in [-0.4, -0.2) is 33.2 Å². The fourth-order valence-electron chi connectivity index (χ4n) is 1.87. The Hall–Kier alpha value is -1.20. The van der Waals surface area contributed by atoms with Crippen LogP contribution in [0.5, 0.6) is 0 Å². The summed E-state index contributed by atoms with van der Waals surface area (Å²) >= 11 is 0. The molecule has 1 aromatic carbocycles. The van der Waals surface area contributed by atoms with E-state index in [0.717, 1.165) is 12.8 Å². The maximum Gasteiger partial charge on any atom is 0.180 e. The number of benzene rings is 1. The molecule has 0 saturated carbocycles. The molecule has 0 N–H and O–H groups in total. The van der Waals surface area contributed by atoms with Crippen molar-refractivity contribution in [3.05, 3.63) is 29.8 Å². The van der Waals surface area contributed by atoms with Gasteiger partial charge in [-0.2, -0.15) is 0 Å². The molecule has 17 heavy (non-hydrogen) atoms. The molecule has 0 spiro atoms. The Morgan fingerprint density at radius 2 is 2.00 bits per heavy atom. The second-order valence-electron chi connectivity index (χ2n) is 4.10. The highest BCUT2D eigenvalue weighted by Gasteiger charge is 2.24. The molecule has 1 saturated heterocycles. The standard InChI is InChI=1S/C12H14O4S/c13-8-10-3-5-12(6-4-10)17(14,15)9-11-2-1-7-16-11/h3-6,8,11H,1-2,7,9H2/t11-/m0/s1. The highest BCUT2D eigenvalue weighted by Crippen LogP contribution is 2.19. The van der Waals surface area contributed by atoms with Crippen molar-refractivity contribution in [2.45, 2.75) is 23.8 Å². The Bertz CT molecular complexity index is 484. The molecular formula is C12H14O4S. The highest BCUT2D eigenvalue weighted by molar-refractivity contribution is 7.91. The van der Waals surface area contributed by atoms with Crippen molar-refractivity contribution in [1.29, 1.82) is 0 Å². The lowest BCUT2D eigenvalue weighted by molar-refractivity contribution is 0.112. The molecule has 4 nitrogen and oxygen atoms in total. The second kappa shape index (κ2) is 4.98. The molecule has 1 atom stereocenters. The molecule has 0 unspecified atom stereocenters. The summed E-state index contributed by atoms with van der Waals surface area (Å²) in [5, 5.41) is 0. The van der Waals surface area contributed by atoms with Gasteiger partial charge in [0, 0.05) is 12.2 Å². The van der Waals surface area contributed by atoms with Crippen LogP contribution in [0.15, 0.2) is 29.2 Å². The minimum absolute atomic E-state index is 0.0213. The van der Waals surface area contributed by atoms with Gasteiger partial charge in [-0.05, 0) is 25.0 Å². The highest BCUT2D eigenvalue weighted by atomic mass is 32.2. The molecule has 2 rings (SSSR count). The number of rotatable bonds is 4. The van der Waals surface area contributed by atoms with Gasteiger partial charge in [0.1, 0.15) is 6.29 Å². The van der Waals surface area contributed by atoms with E-state index in [4.69, 9.17) is 4.74 Å². The second-order valence-corrected chi connectivity index (χ2v) is 6.14. The van der Waals surface area contributed by atoms with Crippen molar-refractivity contribution in [3.8, 4) is 0 Å². The van der Waals surface area contributed by atoms with Gasteiger partial charge in [0.2, 0.25) is 0 Å². The first-order valence-corrected chi connectivity index (χ1v) is 7.17. The molecule has 92 valence electrons. The van der Waals surface area contributed by atoms with Gasteiger partial charge in [0.15, 0.2) is 9.84 Å². The van der Waals surface area contributed by atoms with Gasteiger partial charge < -0.3 is 4.74 Å². The van der Waals surface area contributed by atoms with Crippen molar-refractivity contribution < 1.29 is 17.9 Å². The average Bonchev–Trinajstić information content (AvgIpc) is 2.81. The number of carbonyl (C=O) groups is 1. The lowest BCUT2D eigenvalue weighted by Crippen LogP contribution is -2.20. The normalized spacial score (nSPS) is 20.4. The molecule has 1 aliphatic heterocycles. The van der Waals surface area contributed by atoms with Gasteiger partial charge in [-0.3, -0.25) is 4.79 Å². The number of sulfone groups is 1. The van der Waals surface area contributed by atoms with Crippen LogP contribution in [-0.2, 0) is 14.6 Å². The Kier molecular flexibility index (Phi) is 3.59. The summed E-state index contributed by atoms with van der Waals surface area (Å²) in [6.45, 7) is 0.643. The third-order valence-electron chi connectivity index (χ3n) is 2.80. The quantitative estimate of drug-likeness (QED) is 0.763. The van der Waals surface area contributed by atoms with Gasteiger partial charge in [-0.15, -0.1) is 0 Å². The first kappa shape index (κ1) is 12.3. The van der Waals surface area contributed by atoms with E-state index < -0.39 is 9.84 Å². The molecule has 0 aliphatic carbocycles. The maximum atomic E-state index is 12.0. The summed E-state index contributed by atoms with van der Waals surface area (Å²) in [5.74, 6) is 0.0213. The summed E-state index contributed by atoms with van der Waals surface area (Å²) in [4.78, 5) is 10.7. The summed E-state index contributed by atoms with van der Waals surface area (Å²) in [6.07, 6.45) is 2.22. The van der Waals surface area contributed by atoms with E-state index in [9.17, 15) is 13.2 Å². The van der Waals surface area contributed by atoms with Crippen LogP contribution in [0.2, 0.25) is 0 Å². The van der Waals surface area contributed by atoms with Gasteiger partial charge in [-0.25, -0.2) is 8.42 Å². The van der Waals surface area contributed by atoms with Gasteiger partial charge in [0.05, 0.1) is 16.8 Å². The molecule has 1 aliphatic rings. The largest absolute Gasteiger partial charge is 0.377 e. The van der Waals surface area contributed by atoms with Crippen molar-refractivity contribution in [3.63, 3.8) is 0 Å². The van der Waals surface area contributed by atoms with Crippen LogP contribution in [0.1, 0.15) is 23.2 Å². The van der Waals surface area contributed by atoms with E-state index in [0.29, 0.717) is 18.5 Å². The van der Waals surface area contributed by atoms with Crippen LogP contribution < -0.4 is 0 Å². The van der Waals surface area contributed by atoms with Gasteiger partial charge in [0.25, 0.3) is 0 Å². The number of carbonyl (C=O) groups excluding carboxylic acids is 1. The first-order chi connectivity index (χ1) is 8.12. The predicted molar refractivity (Wildman–Crippen MR) is 62.9 cm³/mol. The number of hydrogen-bond donors (Lipinski definition) is 0. The van der Waals surface area contributed by atoms with Crippen molar-refractivity contribution >= 4 is 16.1 Å². The molecule has 0 aromatic heterocycles. The van der Waals surface area contributed by atoms with Crippen molar-refractivity contribution in [2.75, 3.05) is 12.4 Å². The minimum atomic E-state index is -3.31. The lowest BCUT2D eigenvalue weighted by Gasteiger charge is -2.10. The van der Waals surface area contributed by atoms with E-state index in [1.54, 1.807) is 0 Å². The Morgan fingerprint density at radius 1 is 1.29 bits per heavy atom. The molecule has 1 fully saturated rings. The van der Waals surface area contributed by atoms with E-state index in [2.05, 4.69) is 0 Å². The predicted octanol–water partition coefficient (Wildman–Crippen LogP) is 1.45. The fourth-order valence-corrected chi connectivity index (χ4v) is 3.37. The zero-order valence-electron chi connectivity index (χ0n) is 9.33. The zero-order valence-corrected chi connectivity index (χ0v) is 10.2. The number of ether oxygens (including phenoxy) is 1. The maximum absolute atomic E-state index is 12.0. The van der Waals surface area contributed by atoms with Crippen LogP contribution >= 0.6 is 0 Å². The molecule has 0 amide bonds. The number of aldehydes is 1. The van der Waals surface area contributed by atoms with E-state index >= 15 is 0 Å². The molecule has 1 aromatic rings. The molecule has 0 bridgehead atoms. The lowest BCUT2D eigenvalue weighted by atomic mass is 10.2. The smallest absolute Gasteiger partial charge is 0.180 e. The van der Waals surface area contributed by atoms with Crippen LogP contribution in [0.4, 0.5) is 0 Å². The SMILES string of the molecule is O=Cc1ccc(S(=O)(=O)C[C@@H]2CCCO2)cc1. The van der Waals surface area contributed by atoms with Crippen molar-refractivity contribution in [1.82, 2.24) is 0 Å². The molecular weight excluding hydrogens is 240 g/mol. The number of hydrogen-bond acceptors (Lipinski definition) is 4. The molecule has 0 radical (unpaired) electrons. The summed E-state index contributed by atoms with van der Waals surface area (Å²) in [5.41, 5.74) is 0.473.